The van der Waals surface area contributed by atoms with E-state index in [4.69, 9.17) is 9.47 Å². The summed E-state index contributed by atoms with van der Waals surface area (Å²) >= 11 is 0. The normalized spacial score (nSPS) is 11.3. The van der Waals surface area contributed by atoms with Gasteiger partial charge in [0.1, 0.15) is 12.4 Å². The van der Waals surface area contributed by atoms with Crippen molar-refractivity contribution in [3.05, 3.63) is 78.1 Å². The van der Waals surface area contributed by atoms with E-state index in [2.05, 4.69) is 29.3 Å². The summed E-state index contributed by atoms with van der Waals surface area (Å²) in [4.78, 5) is 14.8. The highest BCUT2D eigenvalue weighted by Gasteiger charge is 2.28. The van der Waals surface area contributed by atoms with Crippen molar-refractivity contribution in [3.8, 4) is 11.5 Å². The molecule has 3 aromatic rings. The Morgan fingerprint density at radius 2 is 1.53 bits per heavy atom. The number of amides is 1. The Hall–Kier alpha value is -4.12. The maximum absolute atomic E-state index is 13.6. The second kappa shape index (κ2) is 12.9. The van der Waals surface area contributed by atoms with Crippen LogP contribution in [-0.2, 0) is 14.8 Å². The molecule has 0 aromatic heterocycles. The van der Waals surface area contributed by atoms with E-state index in [0.717, 1.165) is 40.8 Å². The van der Waals surface area contributed by atoms with Gasteiger partial charge in [-0.2, -0.15) is 5.10 Å². The highest BCUT2D eigenvalue weighted by molar-refractivity contribution is 7.92. The highest BCUT2D eigenvalue weighted by atomic mass is 32.2. The van der Waals surface area contributed by atoms with Crippen molar-refractivity contribution in [2.24, 2.45) is 5.10 Å². The van der Waals surface area contributed by atoms with Crippen LogP contribution in [0.1, 0.15) is 19.4 Å². The molecule has 0 atom stereocenters. The third-order valence-electron chi connectivity index (χ3n) is 5.77. The van der Waals surface area contributed by atoms with Crippen molar-refractivity contribution in [2.75, 3.05) is 43.1 Å². The summed E-state index contributed by atoms with van der Waals surface area (Å²) in [5.74, 6) is -0.682. The minimum Gasteiger partial charge on any atom is -0.493 e. The number of hydrogen-bond acceptors (Lipinski definition) is 7. The lowest BCUT2D eigenvalue weighted by Crippen LogP contribution is -2.39. The van der Waals surface area contributed by atoms with Gasteiger partial charge in [-0.05, 0) is 67.9 Å². The number of sulfonamides is 1. The van der Waals surface area contributed by atoms with Crippen molar-refractivity contribution < 1.29 is 27.1 Å². The molecule has 0 radical (unpaired) electrons. The summed E-state index contributed by atoms with van der Waals surface area (Å²) in [7, 11) is -1.44. The molecule has 1 amide bonds. The number of hydrogen-bond donors (Lipinski definition) is 1. The van der Waals surface area contributed by atoms with E-state index >= 15 is 0 Å². The third kappa shape index (κ3) is 6.80. The van der Waals surface area contributed by atoms with E-state index in [1.807, 2.05) is 24.3 Å². The largest absolute Gasteiger partial charge is 0.493 e. The van der Waals surface area contributed by atoms with E-state index in [1.165, 1.54) is 50.8 Å². The number of halogens is 1. The molecule has 1 N–H and O–H groups in total. The van der Waals surface area contributed by atoms with Gasteiger partial charge in [0.2, 0.25) is 0 Å². The van der Waals surface area contributed by atoms with Gasteiger partial charge in [0.15, 0.2) is 11.5 Å². The quantitative estimate of drug-likeness (QED) is 0.274. The predicted molar refractivity (Wildman–Crippen MR) is 146 cm³/mol. The second-order valence-electron chi connectivity index (χ2n) is 8.06. The average Bonchev–Trinajstić information content (AvgIpc) is 2.93. The molecule has 0 aliphatic carbocycles. The van der Waals surface area contributed by atoms with Crippen LogP contribution in [0, 0.1) is 5.82 Å². The molecule has 0 spiro atoms. The number of hydrazone groups is 1. The Bertz CT molecular complexity index is 1360. The second-order valence-corrected chi connectivity index (χ2v) is 9.92. The van der Waals surface area contributed by atoms with Gasteiger partial charge >= 0.3 is 0 Å². The molecule has 0 aliphatic heterocycles. The molecular formula is C27H31FN4O5S. The van der Waals surface area contributed by atoms with Crippen LogP contribution in [0.3, 0.4) is 0 Å². The highest BCUT2D eigenvalue weighted by Crippen LogP contribution is 2.32. The standard InChI is InChI=1S/C27H31FN4O5S/c1-5-31(6-2)22-11-7-20(8-12-22)18-29-30-27(33)19-32(23-13-9-21(28)10-14-23)38(34,35)24-15-16-25(36-3)26(17-24)37-4/h7-18H,5-6,19H2,1-4H3,(H,30,33)/b29-18-. The number of rotatable bonds is 12. The average molecular weight is 543 g/mol. The molecular weight excluding hydrogens is 511 g/mol. The summed E-state index contributed by atoms with van der Waals surface area (Å²) in [6.45, 7) is 5.33. The first kappa shape index (κ1) is 28.5. The smallest absolute Gasteiger partial charge is 0.264 e. The van der Waals surface area contributed by atoms with E-state index in [1.54, 1.807) is 0 Å². The summed E-state index contributed by atoms with van der Waals surface area (Å²) in [5.41, 5.74) is 4.30. The van der Waals surface area contributed by atoms with Gasteiger partial charge < -0.3 is 14.4 Å². The van der Waals surface area contributed by atoms with Crippen molar-refractivity contribution in [3.63, 3.8) is 0 Å². The number of benzene rings is 3. The molecule has 0 unspecified atom stereocenters. The fourth-order valence-electron chi connectivity index (χ4n) is 3.73. The third-order valence-corrected chi connectivity index (χ3v) is 7.54. The van der Waals surface area contributed by atoms with Crippen molar-refractivity contribution >= 4 is 33.5 Å². The van der Waals surface area contributed by atoms with Crippen LogP contribution in [0.25, 0.3) is 0 Å². The topological polar surface area (TPSA) is 101 Å². The zero-order valence-corrected chi connectivity index (χ0v) is 22.5. The van der Waals surface area contributed by atoms with Crippen LogP contribution in [0.5, 0.6) is 11.5 Å². The summed E-state index contributed by atoms with van der Waals surface area (Å²) < 4.78 is 52.0. The maximum atomic E-state index is 13.6. The van der Waals surface area contributed by atoms with Crippen LogP contribution >= 0.6 is 0 Å². The van der Waals surface area contributed by atoms with Crippen LogP contribution in [0.15, 0.2) is 76.7 Å². The zero-order chi connectivity index (χ0) is 27.7. The molecule has 0 fully saturated rings. The maximum Gasteiger partial charge on any atom is 0.264 e. The first-order valence-electron chi connectivity index (χ1n) is 11.9. The van der Waals surface area contributed by atoms with E-state index in [0.29, 0.717) is 5.75 Å². The van der Waals surface area contributed by atoms with Crippen LogP contribution in [0.4, 0.5) is 15.8 Å². The minimum absolute atomic E-state index is 0.104. The molecule has 3 aromatic carbocycles. The number of methoxy groups -OCH3 is 2. The number of carbonyl (C=O) groups is 1. The zero-order valence-electron chi connectivity index (χ0n) is 21.7. The fraction of sp³-hybridized carbons (Fsp3) is 0.259. The van der Waals surface area contributed by atoms with E-state index in [9.17, 15) is 17.6 Å². The molecule has 202 valence electrons. The summed E-state index contributed by atoms with van der Waals surface area (Å²) in [5, 5.41) is 3.97. The van der Waals surface area contributed by atoms with Gasteiger partial charge in [-0.1, -0.05) is 12.1 Å². The van der Waals surface area contributed by atoms with Gasteiger partial charge in [-0.25, -0.2) is 18.2 Å². The Morgan fingerprint density at radius 3 is 2.11 bits per heavy atom. The molecule has 3 rings (SSSR count). The Kier molecular flexibility index (Phi) is 9.66. The predicted octanol–water partition coefficient (Wildman–Crippen LogP) is 4.03. The lowest BCUT2D eigenvalue weighted by Gasteiger charge is -2.24. The molecule has 11 heteroatoms. The van der Waals surface area contributed by atoms with Gasteiger partial charge in [-0.3, -0.25) is 9.10 Å². The van der Waals surface area contributed by atoms with E-state index in [-0.39, 0.29) is 16.3 Å². The molecule has 9 nitrogen and oxygen atoms in total. The van der Waals surface area contributed by atoms with Crippen molar-refractivity contribution in [1.29, 1.82) is 0 Å². The Labute approximate surface area is 222 Å². The van der Waals surface area contributed by atoms with Gasteiger partial charge in [-0.15, -0.1) is 0 Å². The van der Waals surface area contributed by atoms with Crippen LogP contribution in [-0.4, -0.2) is 54.4 Å². The van der Waals surface area contributed by atoms with E-state index < -0.39 is 28.3 Å². The molecule has 38 heavy (non-hydrogen) atoms. The lowest BCUT2D eigenvalue weighted by molar-refractivity contribution is -0.119. The number of carbonyl (C=O) groups excluding carboxylic acids is 1. The summed E-state index contributed by atoms with van der Waals surface area (Å²) in [6, 6.07) is 16.5. The molecule has 0 bridgehead atoms. The van der Waals surface area contributed by atoms with Crippen LogP contribution < -0.4 is 24.1 Å². The molecule has 0 heterocycles. The van der Waals surface area contributed by atoms with Gasteiger partial charge in [0, 0.05) is 24.8 Å². The monoisotopic (exact) mass is 542 g/mol. The fourth-order valence-corrected chi connectivity index (χ4v) is 5.17. The molecule has 0 saturated carbocycles. The summed E-state index contributed by atoms with van der Waals surface area (Å²) in [6.07, 6.45) is 1.47. The first-order valence-corrected chi connectivity index (χ1v) is 13.3. The number of nitrogens with one attached hydrogen (secondary N) is 1. The molecule has 0 aliphatic rings. The molecule has 0 saturated heterocycles. The SMILES string of the molecule is CCN(CC)c1ccc(/C=N\NC(=O)CN(c2ccc(F)cc2)S(=O)(=O)c2ccc(OC)c(OC)c2)cc1. The number of anilines is 2. The Morgan fingerprint density at radius 1 is 0.921 bits per heavy atom. The number of ether oxygens (including phenoxy) is 2. The number of nitrogens with zero attached hydrogens (tertiary/aromatic N) is 3. The van der Waals surface area contributed by atoms with Gasteiger partial charge in [0.25, 0.3) is 15.9 Å². The van der Waals surface area contributed by atoms with Gasteiger partial charge in [0.05, 0.1) is 31.0 Å². The lowest BCUT2D eigenvalue weighted by atomic mass is 10.2. The van der Waals surface area contributed by atoms with Crippen molar-refractivity contribution in [2.45, 2.75) is 18.7 Å². The minimum atomic E-state index is -4.26. The van der Waals surface area contributed by atoms with Crippen LogP contribution in [0.2, 0.25) is 0 Å². The Balaban J connectivity index is 1.81. The first-order chi connectivity index (χ1) is 18.2. The van der Waals surface area contributed by atoms with Crippen molar-refractivity contribution in [1.82, 2.24) is 5.43 Å².